The van der Waals surface area contributed by atoms with Crippen molar-refractivity contribution in [3.05, 3.63) is 0 Å². The fourth-order valence-electron chi connectivity index (χ4n) is 5.84. The first-order valence-electron chi connectivity index (χ1n) is 10.8. The van der Waals surface area contributed by atoms with Crippen molar-refractivity contribution >= 4 is 24.1 Å². The average molecular weight is 448 g/mol. The molecule has 9 heteroatoms. The highest BCUT2D eigenvalue weighted by Gasteiger charge is 2.66. The Morgan fingerprint density at radius 3 is 2.48 bits per heavy atom. The van der Waals surface area contributed by atoms with Gasteiger partial charge in [-0.15, -0.1) is 0 Å². The summed E-state index contributed by atoms with van der Waals surface area (Å²) in [6.07, 6.45) is 3.85. The van der Waals surface area contributed by atoms with Gasteiger partial charge in [-0.1, -0.05) is 19.6 Å². The average Bonchev–Trinajstić information content (AvgIpc) is 3.19. The summed E-state index contributed by atoms with van der Waals surface area (Å²) >= 11 is 0. The Morgan fingerprint density at radius 1 is 1.17 bits per heavy atom. The molecule has 0 aromatic carbocycles. The first-order valence-corrected chi connectivity index (χ1v) is 16.1. The third-order valence-corrected chi connectivity index (χ3v) is 11.0. The number of sulfonamides is 1. The van der Waals surface area contributed by atoms with Gasteiger partial charge in [0.15, 0.2) is 0 Å². The van der Waals surface area contributed by atoms with E-state index in [1.165, 1.54) is 6.92 Å². The molecule has 0 unspecified atom stereocenters. The van der Waals surface area contributed by atoms with E-state index in [0.717, 1.165) is 38.1 Å². The van der Waals surface area contributed by atoms with Gasteiger partial charge >= 0.3 is 5.97 Å². The maximum Gasteiger partial charge on any atom is 0.302 e. The van der Waals surface area contributed by atoms with E-state index in [1.807, 2.05) is 0 Å². The Kier molecular flexibility index (Phi) is 6.85. The number of carbonyl (C=O) groups is 1. The van der Waals surface area contributed by atoms with Gasteiger partial charge in [0.05, 0.1) is 17.9 Å². The third kappa shape index (κ3) is 4.58. The second-order valence-corrected chi connectivity index (χ2v) is 17.8. The van der Waals surface area contributed by atoms with E-state index in [-0.39, 0.29) is 42.2 Å². The largest absolute Gasteiger partial charge is 0.462 e. The molecule has 0 N–H and O–H groups in total. The monoisotopic (exact) mass is 447 g/mol. The molecule has 3 aliphatic rings. The van der Waals surface area contributed by atoms with Crippen molar-refractivity contribution in [1.82, 2.24) is 4.31 Å². The summed E-state index contributed by atoms with van der Waals surface area (Å²) < 4.78 is 45.5. The lowest BCUT2D eigenvalue weighted by atomic mass is 9.63. The van der Waals surface area contributed by atoms with E-state index >= 15 is 0 Å². The molecule has 1 aliphatic heterocycles. The number of hydrogen-bond acceptors (Lipinski definition) is 6. The molecule has 5 atom stereocenters. The smallest absolute Gasteiger partial charge is 0.302 e. The van der Waals surface area contributed by atoms with Crippen molar-refractivity contribution in [2.75, 3.05) is 26.2 Å². The molecule has 1 saturated heterocycles. The van der Waals surface area contributed by atoms with Gasteiger partial charge in [0.1, 0.15) is 12.9 Å². The van der Waals surface area contributed by atoms with Gasteiger partial charge in [-0.3, -0.25) is 4.79 Å². The van der Waals surface area contributed by atoms with Crippen LogP contribution in [0.2, 0.25) is 25.7 Å². The van der Waals surface area contributed by atoms with Gasteiger partial charge in [-0.25, -0.2) is 8.42 Å². The van der Waals surface area contributed by atoms with E-state index in [9.17, 15) is 13.2 Å². The van der Waals surface area contributed by atoms with Gasteiger partial charge in [0, 0.05) is 34.1 Å². The highest BCUT2D eigenvalue weighted by atomic mass is 32.2. The Balaban J connectivity index is 1.94. The van der Waals surface area contributed by atoms with Gasteiger partial charge in [-0.2, -0.15) is 4.31 Å². The molecule has 0 amide bonds. The molecule has 29 heavy (non-hydrogen) atoms. The predicted molar refractivity (Wildman–Crippen MR) is 114 cm³/mol. The van der Waals surface area contributed by atoms with Crippen LogP contribution in [0, 0.1) is 11.3 Å². The molecule has 1 spiro atoms. The van der Waals surface area contributed by atoms with Crippen LogP contribution in [0.3, 0.4) is 0 Å². The summed E-state index contributed by atoms with van der Waals surface area (Å²) in [6.45, 7) is 8.66. The Morgan fingerprint density at radius 2 is 1.86 bits per heavy atom. The molecule has 2 aliphatic carbocycles. The van der Waals surface area contributed by atoms with Gasteiger partial charge < -0.3 is 14.2 Å². The molecular weight excluding hydrogens is 410 g/mol. The minimum atomic E-state index is -3.41. The van der Waals surface area contributed by atoms with Crippen molar-refractivity contribution in [2.45, 2.75) is 83.0 Å². The van der Waals surface area contributed by atoms with Crippen LogP contribution in [-0.4, -0.2) is 71.2 Å². The van der Waals surface area contributed by atoms with E-state index < -0.39 is 18.1 Å². The van der Waals surface area contributed by atoms with E-state index in [4.69, 9.17) is 14.2 Å². The highest BCUT2D eigenvalue weighted by Crippen LogP contribution is 2.60. The first kappa shape index (κ1) is 23.2. The second kappa shape index (κ2) is 8.57. The molecule has 1 heterocycles. The Labute approximate surface area is 176 Å². The van der Waals surface area contributed by atoms with Crippen LogP contribution in [-0.2, 0) is 29.0 Å². The zero-order valence-corrected chi connectivity index (χ0v) is 20.3. The maximum atomic E-state index is 13.4. The van der Waals surface area contributed by atoms with Gasteiger partial charge in [0.2, 0.25) is 10.0 Å². The molecule has 0 radical (unpaired) electrons. The fraction of sp³-hybridized carbons (Fsp3) is 0.950. The lowest BCUT2D eigenvalue weighted by Gasteiger charge is -2.49. The van der Waals surface area contributed by atoms with Crippen LogP contribution in [0.4, 0.5) is 0 Å². The van der Waals surface area contributed by atoms with E-state index in [1.54, 1.807) is 11.4 Å². The molecule has 168 valence electrons. The number of nitrogens with zero attached hydrogens (tertiary/aromatic N) is 1. The second-order valence-electron chi connectivity index (χ2n) is 10.1. The fourth-order valence-corrected chi connectivity index (χ4v) is 10.6. The van der Waals surface area contributed by atoms with Crippen LogP contribution in [0.5, 0.6) is 0 Å². The summed E-state index contributed by atoms with van der Waals surface area (Å²) in [6, 6.07) is 0.460. The van der Waals surface area contributed by atoms with Crippen LogP contribution in [0.15, 0.2) is 0 Å². The lowest BCUT2D eigenvalue weighted by Crippen LogP contribution is -2.59. The van der Waals surface area contributed by atoms with Crippen molar-refractivity contribution in [1.29, 1.82) is 0 Å². The normalized spacial score (nSPS) is 35.3. The SMILES string of the molecule is COCO[C@@H]1CC[C@@H]2CC[C@H](OC(C)=O)[C@@]23CCN(S(=O)(=O)CC[Si](C)(C)C)[C@@H]13. The number of methoxy groups -OCH3 is 1. The number of rotatable bonds is 8. The van der Waals surface area contributed by atoms with Crippen LogP contribution >= 0.6 is 0 Å². The number of carbonyl (C=O) groups excluding carboxylic acids is 1. The van der Waals surface area contributed by atoms with Crippen molar-refractivity contribution in [3.8, 4) is 0 Å². The molecule has 3 fully saturated rings. The van der Waals surface area contributed by atoms with Crippen molar-refractivity contribution in [3.63, 3.8) is 0 Å². The number of hydrogen-bond donors (Lipinski definition) is 0. The standard InChI is InChI=1S/C20H37NO6SSi/c1-15(22)27-18-9-7-16-6-8-17(26-14-25-2)19-20(16,18)10-11-21(19)28(23,24)12-13-29(3,4)5/h16-19H,6-14H2,1-5H3/t16-,17-,18+,19+,20-/m1/s1. The quantitative estimate of drug-likeness (QED) is 0.323. The Hall–Kier alpha value is -0.483. The molecule has 0 aromatic rings. The van der Waals surface area contributed by atoms with Crippen LogP contribution < -0.4 is 0 Å². The molecule has 0 aromatic heterocycles. The lowest BCUT2D eigenvalue weighted by molar-refractivity contribution is -0.167. The van der Waals surface area contributed by atoms with Gasteiger partial charge in [0.25, 0.3) is 0 Å². The van der Waals surface area contributed by atoms with Crippen molar-refractivity contribution < 1.29 is 27.4 Å². The number of ether oxygens (including phenoxy) is 3. The number of esters is 1. The van der Waals surface area contributed by atoms with Crippen LogP contribution in [0.1, 0.15) is 39.0 Å². The van der Waals surface area contributed by atoms with Gasteiger partial charge in [-0.05, 0) is 44.1 Å². The molecular formula is C20H37NO6SSi. The van der Waals surface area contributed by atoms with Crippen molar-refractivity contribution in [2.24, 2.45) is 11.3 Å². The summed E-state index contributed by atoms with van der Waals surface area (Å²) in [5.74, 6) is 0.273. The molecule has 3 rings (SSSR count). The minimum absolute atomic E-state index is 0.142. The minimum Gasteiger partial charge on any atom is -0.462 e. The zero-order valence-electron chi connectivity index (χ0n) is 18.5. The predicted octanol–water partition coefficient (Wildman–Crippen LogP) is 2.84. The van der Waals surface area contributed by atoms with E-state index in [2.05, 4.69) is 19.6 Å². The first-order chi connectivity index (χ1) is 13.5. The maximum absolute atomic E-state index is 13.4. The Bertz CT molecular complexity index is 708. The summed E-state index contributed by atoms with van der Waals surface area (Å²) in [5, 5.41) is 0. The molecule has 7 nitrogen and oxygen atoms in total. The summed E-state index contributed by atoms with van der Waals surface area (Å²) in [4.78, 5) is 11.8. The topological polar surface area (TPSA) is 82.1 Å². The third-order valence-electron chi connectivity index (χ3n) is 7.09. The van der Waals surface area contributed by atoms with Crippen LogP contribution in [0.25, 0.3) is 0 Å². The zero-order chi connectivity index (χ0) is 21.4. The summed E-state index contributed by atoms with van der Waals surface area (Å²) in [5.41, 5.74) is -0.339. The summed E-state index contributed by atoms with van der Waals surface area (Å²) in [7, 11) is -3.32. The van der Waals surface area contributed by atoms with E-state index in [0.29, 0.717) is 12.5 Å². The molecule has 0 bridgehead atoms. The molecule has 2 saturated carbocycles. The highest BCUT2D eigenvalue weighted by molar-refractivity contribution is 7.89.